The number of rotatable bonds is 5. The highest BCUT2D eigenvalue weighted by molar-refractivity contribution is 5.98. The molecule has 0 amide bonds. The van der Waals surface area contributed by atoms with Crippen LogP contribution in [0.2, 0.25) is 0 Å². The molecule has 3 N–H and O–H groups in total. The number of benzene rings is 1. The monoisotopic (exact) mass is 236 g/mol. The molecule has 5 heteroatoms. The predicted molar refractivity (Wildman–Crippen MR) is 64.7 cm³/mol. The van der Waals surface area contributed by atoms with E-state index in [0.717, 1.165) is 18.0 Å². The highest BCUT2D eigenvalue weighted by Gasteiger charge is 2.12. The molecule has 0 aliphatic carbocycles. The number of anilines is 1. The number of nitrogens with one attached hydrogen (secondary N) is 2. The molecule has 0 saturated heterocycles. The average molecular weight is 236 g/mol. The molecule has 0 unspecified atom stereocenters. The van der Waals surface area contributed by atoms with Crippen LogP contribution in [0.3, 0.4) is 0 Å². The largest absolute Gasteiger partial charge is 0.490 e. The van der Waals surface area contributed by atoms with Gasteiger partial charge in [-0.1, -0.05) is 0 Å². The molecule has 1 aromatic carbocycles. The van der Waals surface area contributed by atoms with Gasteiger partial charge in [0.1, 0.15) is 12.4 Å². The second-order valence-corrected chi connectivity index (χ2v) is 3.81. The summed E-state index contributed by atoms with van der Waals surface area (Å²) in [7, 11) is 0. The molecule has 0 saturated carbocycles. The standard InChI is InChI=1S/C12H16N2O3/c15-5-3-13-8-11(16)9-1-2-12-10(7-9)14-4-6-17-12/h1-2,7,13-15H,3-6,8H2. The van der Waals surface area contributed by atoms with E-state index in [4.69, 9.17) is 9.84 Å². The van der Waals surface area contributed by atoms with Gasteiger partial charge in [0.05, 0.1) is 18.8 Å². The van der Waals surface area contributed by atoms with Crippen molar-refractivity contribution in [3.8, 4) is 5.75 Å². The molecule has 0 atom stereocenters. The van der Waals surface area contributed by atoms with Gasteiger partial charge >= 0.3 is 0 Å². The van der Waals surface area contributed by atoms with E-state index in [2.05, 4.69) is 10.6 Å². The summed E-state index contributed by atoms with van der Waals surface area (Å²) < 4.78 is 5.43. The van der Waals surface area contributed by atoms with Crippen molar-refractivity contribution in [3.63, 3.8) is 0 Å². The van der Waals surface area contributed by atoms with Gasteiger partial charge in [-0.3, -0.25) is 4.79 Å². The Labute approximate surface area is 99.8 Å². The molecule has 1 aliphatic heterocycles. The fourth-order valence-electron chi connectivity index (χ4n) is 1.70. The van der Waals surface area contributed by atoms with E-state index in [9.17, 15) is 4.79 Å². The van der Waals surface area contributed by atoms with E-state index in [1.54, 1.807) is 18.2 Å². The van der Waals surface area contributed by atoms with Gasteiger partial charge in [-0.15, -0.1) is 0 Å². The van der Waals surface area contributed by atoms with Crippen molar-refractivity contribution >= 4 is 11.5 Å². The van der Waals surface area contributed by atoms with Crippen LogP contribution in [0, 0.1) is 0 Å². The lowest BCUT2D eigenvalue weighted by atomic mass is 10.1. The molecule has 0 spiro atoms. The second kappa shape index (κ2) is 5.65. The smallest absolute Gasteiger partial charge is 0.176 e. The Morgan fingerprint density at radius 2 is 2.41 bits per heavy atom. The molecule has 5 nitrogen and oxygen atoms in total. The van der Waals surface area contributed by atoms with Crippen molar-refractivity contribution < 1.29 is 14.6 Å². The van der Waals surface area contributed by atoms with Crippen LogP contribution in [0.15, 0.2) is 18.2 Å². The van der Waals surface area contributed by atoms with Gasteiger partial charge in [-0.2, -0.15) is 0 Å². The van der Waals surface area contributed by atoms with Crippen LogP contribution < -0.4 is 15.4 Å². The Morgan fingerprint density at radius 3 is 3.24 bits per heavy atom. The Morgan fingerprint density at radius 1 is 1.53 bits per heavy atom. The quantitative estimate of drug-likeness (QED) is 0.505. The zero-order valence-electron chi connectivity index (χ0n) is 9.53. The topological polar surface area (TPSA) is 70.6 Å². The summed E-state index contributed by atoms with van der Waals surface area (Å²) in [4.78, 5) is 11.8. The first kappa shape index (κ1) is 11.9. The molecule has 0 radical (unpaired) electrons. The fourth-order valence-corrected chi connectivity index (χ4v) is 1.70. The minimum absolute atomic E-state index is 0.00798. The average Bonchev–Trinajstić information content (AvgIpc) is 2.38. The minimum Gasteiger partial charge on any atom is -0.490 e. The van der Waals surface area contributed by atoms with Crippen molar-refractivity contribution in [1.82, 2.24) is 5.32 Å². The summed E-state index contributed by atoms with van der Waals surface area (Å²) in [6, 6.07) is 5.37. The van der Waals surface area contributed by atoms with E-state index in [-0.39, 0.29) is 18.9 Å². The number of ketones is 1. The van der Waals surface area contributed by atoms with Gasteiger partial charge < -0.3 is 20.5 Å². The van der Waals surface area contributed by atoms with Crippen LogP contribution in [0.5, 0.6) is 5.75 Å². The maximum Gasteiger partial charge on any atom is 0.176 e. The Balaban J connectivity index is 2.03. The van der Waals surface area contributed by atoms with Crippen molar-refractivity contribution in [2.45, 2.75) is 0 Å². The first-order chi connectivity index (χ1) is 8.31. The van der Waals surface area contributed by atoms with Crippen LogP contribution in [0.4, 0.5) is 5.69 Å². The molecule has 0 bridgehead atoms. The lowest BCUT2D eigenvalue weighted by Crippen LogP contribution is -2.26. The number of carbonyl (C=O) groups excluding carboxylic acids is 1. The summed E-state index contributed by atoms with van der Waals surface area (Å²) in [5.41, 5.74) is 1.51. The SMILES string of the molecule is O=C(CNCCO)c1ccc2c(c1)NCCO2. The second-order valence-electron chi connectivity index (χ2n) is 3.81. The summed E-state index contributed by atoms with van der Waals surface area (Å²) >= 11 is 0. The highest BCUT2D eigenvalue weighted by Crippen LogP contribution is 2.27. The molecule has 17 heavy (non-hydrogen) atoms. The summed E-state index contributed by atoms with van der Waals surface area (Å²) in [6.07, 6.45) is 0. The van der Waals surface area contributed by atoms with E-state index in [1.165, 1.54) is 0 Å². The lowest BCUT2D eigenvalue weighted by molar-refractivity contribution is 0.0989. The molecule has 0 fully saturated rings. The van der Waals surface area contributed by atoms with Crippen LogP contribution in [0.25, 0.3) is 0 Å². The minimum atomic E-state index is 0.00798. The number of fused-ring (bicyclic) bond motifs is 1. The van der Waals surface area contributed by atoms with Crippen molar-refractivity contribution in [2.75, 3.05) is 38.2 Å². The van der Waals surface area contributed by atoms with Crippen molar-refractivity contribution in [3.05, 3.63) is 23.8 Å². The maximum atomic E-state index is 11.8. The van der Waals surface area contributed by atoms with Crippen molar-refractivity contribution in [1.29, 1.82) is 0 Å². The third kappa shape index (κ3) is 2.95. The molecule has 1 aromatic rings. The molecule has 1 aliphatic rings. The number of Topliss-reactive ketones (excluding diaryl/α,β-unsaturated/α-hetero) is 1. The number of hydrogen-bond donors (Lipinski definition) is 3. The summed E-state index contributed by atoms with van der Waals surface area (Å²) in [6.45, 7) is 2.11. The first-order valence-electron chi connectivity index (χ1n) is 5.67. The molecular formula is C12H16N2O3. The van der Waals surface area contributed by atoms with Gasteiger partial charge in [0.15, 0.2) is 5.78 Å². The summed E-state index contributed by atoms with van der Waals surface area (Å²) in [5, 5.41) is 14.7. The van der Waals surface area contributed by atoms with Crippen LogP contribution >= 0.6 is 0 Å². The van der Waals surface area contributed by atoms with Gasteiger partial charge in [0, 0.05) is 18.7 Å². The number of ether oxygens (including phenoxy) is 1. The molecule has 1 heterocycles. The number of hydrogen-bond acceptors (Lipinski definition) is 5. The van der Waals surface area contributed by atoms with Crippen molar-refractivity contribution in [2.24, 2.45) is 0 Å². The van der Waals surface area contributed by atoms with E-state index < -0.39 is 0 Å². The predicted octanol–water partition coefficient (Wildman–Crippen LogP) is 0.255. The van der Waals surface area contributed by atoms with Crippen LogP contribution in [0.1, 0.15) is 10.4 Å². The maximum absolute atomic E-state index is 11.8. The van der Waals surface area contributed by atoms with Gasteiger partial charge in [-0.05, 0) is 18.2 Å². The molecule has 92 valence electrons. The Hall–Kier alpha value is -1.59. The number of carbonyl (C=O) groups is 1. The lowest BCUT2D eigenvalue weighted by Gasteiger charge is -2.19. The normalized spacial score (nSPS) is 13.5. The third-order valence-corrected chi connectivity index (χ3v) is 2.55. The van der Waals surface area contributed by atoms with Gasteiger partial charge in [-0.25, -0.2) is 0 Å². The molecule has 2 rings (SSSR count). The molecular weight excluding hydrogens is 220 g/mol. The van der Waals surface area contributed by atoms with Gasteiger partial charge in [0.2, 0.25) is 0 Å². The fraction of sp³-hybridized carbons (Fsp3) is 0.417. The van der Waals surface area contributed by atoms with E-state index in [1.807, 2.05) is 0 Å². The summed E-state index contributed by atoms with van der Waals surface area (Å²) in [5.74, 6) is 0.796. The Bertz CT molecular complexity index is 407. The zero-order valence-corrected chi connectivity index (χ0v) is 9.53. The molecule has 0 aromatic heterocycles. The van der Waals surface area contributed by atoms with Crippen LogP contribution in [-0.2, 0) is 0 Å². The number of aliphatic hydroxyl groups is 1. The Kier molecular flexibility index (Phi) is 3.95. The van der Waals surface area contributed by atoms with E-state index in [0.29, 0.717) is 18.7 Å². The number of aliphatic hydroxyl groups excluding tert-OH is 1. The third-order valence-electron chi connectivity index (χ3n) is 2.55. The van der Waals surface area contributed by atoms with Crippen LogP contribution in [-0.4, -0.2) is 43.7 Å². The van der Waals surface area contributed by atoms with Gasteiger partial charge in [0.25, 0.3) is 0 Å². The zero-order chi connectivity index (χ0) is 12.1. The van der Waals surface area contributed by atoms with E-state index >= 15 is 0 Å². The first-order valence-corrected chi connectivity index (χ1v) is 5.67. The highest BCUT2D eigenvalue weighted by atomic mass is 16.5.